The Morgan fingerprint density at radius 2 is 1.81 bits per heavy atom. The molecule has 2 unspecified atom stereocenters. The van der Waals surface area contributed by atoms with Crippen LogP contribution in [0, 0.1) is 36.3 Å². The van der Waals surface area contributed by atoms with Gasteiger partial charge >= 0.3 is 6.01 Å². The predicted molar refractivity (Wildman–Crippen MR) is 136 cm³/mol. The molecule has 0 spiro atoms. The van der Waals surface area contributed by atoms with Gasteiger partial charge in [0.1, 0.15) is 34.3 Å². The van der Waals surface area contributed by atoms with Gasteiger partial charge in [-0.3, -0.25) is 0 Å². The number of methoxy groups -OCH3 is 1. The van der Waals surface area contributed by atoms with Gasteiger partial charge in [0.15, 0.2) is 5.82 Å². The molecule has 184 valence electrons. The second-order valence-electron chi connectivity index (χ2n) is 9.13. The summed E-state index contributed by atoms with van der Waals surface area (Å²) in [7, 11) is 1.41. The summed E-state index contributed by atoms with van der Waals surface area (Å²) < 4.78 is 36.4. The van der Waals surface area contributed by atoms with Crippen LogP contribution in [0.4, 0.5) is 14.6 Å². The highest BCUT2D eigenvalue weighted by atomic mass is 19.1. The summed E-state index contributed by atoms with van der Waals surface area (Å²) in [6.45, 7) is 1.53. The number of anilines is 1. The predicted octanol–water partition coefficient (Wildman–Crippen LogP) is 3.74. The molecular weight excluding hydrogens is 476 g/mol. The average molecular weight is 498 g/mol. The number of terminal acetylenes is 2. The number of benzene rings is 2. The van der Waals surface area contributed by atoms with E-state index in [4.69, 9.17) is 17.6 Å². The third-order valence-corrected chi connectivity index (χ3v) is 7.14. The van der Waals surface area contributed by atoms with Crippen molar-refractivity contribution < 1.29 is 18.6 Å². The molecule has 2 aromatic carbocycles. The van der Waals surface area contributed by atoms with Crippen LogP contribution in [0.15, 0.2) is 24.3 Å². The number of hydrogen-bond donors (Lipinski definition) is 2. The molecule has 0 radical (unpaired) electrons. The van der Waals surface area contributed by atoms with Crippen molar-refractivity contribution >= 4 is 27.5 Å². The van der Waals surface area contributed by atoms with Gasteiger partial charge in [0, 0.05) is 36.1 Å². The second-order valence-corrected chi connectivity index (χ2v) is 9.13. The lowest BCUT2D eigenvalue weighted by Crippen LogP contribution is -2.52. The van der Waals surface area contributed by atoms with E-state index in [9.17, 15) is 9.50 Å². The molecule has 0 aliphatic carbocycles. The van der Waals surface area contributed by atoms with Crippen LogP contribution in [-0.4, -0.2) is 52.3 Å². The number of pyridine rings is 1. The summed E-state index contributed by atoms with van der Waals surface area (Å²) in [6.07, 6.45) is 13.4. The van der Waals surface area contributed by atoms with Gasteiger partial charge < -0.3 is 20.1 Å². The van der Waals surface area contributed by atoms with E-state index in [1.165, 1.54) is 31.4 Å². The van der Waals surface area contributed by atoms with Crippen LogP contribution in [0.3, 0.4) is 0 Å². The fourth-order valence-electron chi connectivity index (χ4n) is 5.57. The van der Waals surface area contributed by atoms with Gasteiger partial charge in [0.05, 0.1) is 18.1 Å². The Labute approximate surface area is 211 Å². The Morgan fingerprint density at radius 3 is 2.49 bits per heavy atom. The van der Waals surface area contributed by atoms with E-state index in [-0.39, 0.29) is 57.3 Å². The number of hydrogen-bond acceptors (Lipinski definition) is 7. The number of nitrogens with one attached hydrogen (secondary N) is 1. The molecule has 4 aromatic rings. The number of rotatable bonds is 3. The van der Waals surface area contributed by atoms with Gasteiger partial charge in [-0.2, -0.15) is 9.97 Å². The maximum absolute atomic E-state index is 16.4. The molecule has 6 rings (SSSR count). The third-order valence-electron chi connectivity index (χ3n) is 7.14. The Hall–Kier alpha value is -4.47. The zero-order valence-electron chi connectivity index (χ0n) is 19.8. The maximum atomic E-state index is 16.4. The number of ether oxygens (including phenoxy) is 1. The molecule has 37 heavy (non-hydrogen) atoms. The first-order valence-electron chi connectivity index (χ1n) is 11.8. The number of nitrogens with zero attached hydrogens (tertiary/aromatic N) is 4. The average Bonchev–Trinajstić information content (AvgIpc) is 3.15. The van der Waals surface area contributed by atoms with Crippen molar-refractivity contribution in [3.63, 3.8) is 0 Å². The fourth-order valence-corrected chi connectivity index (χ4v) is 5.57. The van der Waals surface area contributed by atoms with E-state index >= 15 is 4.39 Å². The lowest BCUT2D eigenvalue weighted by Gasteiger charge is -2.37. The quantitative estimate of drug-likeness (QED) is 0.417. The SMILES string of the molecule is C#Cc1c(F)ccc2cc(O)cc(-c3nc(C#C)c4c(N5C6CCC5CNC6)nc(OC)nc4c3F)c12. The molecule has 2 aromatic heterocycles. The number of aromatic hydroxyl groups is 1. The van der Waals surface area contributed by atoms with Crippen molar-refractivity contribution in [2.45, 2.75) is 24.9 Å². The van der Waals surface area contributed by atoms with Gasteiger partial charge in [-0.05, 0) is 42.3 Å². The number of aromatic nitrogens is 3. The second kappa shape index (κ2) is 8.58. The van der Waals surface area contributed by atoms with Crippen LogP contribution < -0.4 is 15.0 Å². The van der Waals surface area contributed by atoms with Gasteiger partial charge in [-0.25, -0.2) is 13.8 Å². The van der Waals surface area contributed by atoms with Crippen molar-refractivity contribution in [1.82, 2.24) is 20.3 Å². The van der Waals surface area contributed by atoms with E-state index in [2.05, 4.69) is 37.0 Å². The molecule has 2 fully saturated rings. The van der Waals surface area contributed by atoms with Crippen LogP contribution in [0.5, 0.6) is 11.8 Å². The summed E-state index contributed by atoms with van der Waals surface area (Å²) in [5.74, 6) is 3.74. The lowest BCUT2D eigenvalue weighted by molar-refractivity contribution is 0.379. The van der Waals surface area contributed by atoms with Crippen molar-refractivity contribution in [3.8, 4) is 47.7 Å². The van der Waals surface area contributed by atoms with Crippen LogP contribution in [0.1, 0.15) is 24.1 Å². The number of phenols is 1. The molecule has 0 amide bonds. The zero-order chi connectivity index (χ0) is 25.8. The Kier molecular flexibility index (Phi) is 5.32. The molecule has 2 bridgehead atoms. The van der Waals surface area contributed by atoms with Crippen molar-refractivity contribution in [3.05, 3.63) is 47.2 Å². The van der Waals surface area contributed by atoms with E-state index in [0.29, 0.717) is 16.6 Å². The van der Waals surface area contributed by atoms with E-state index < -0.39 is 11.6 Å². The van der Waals surface area contributed by atoms with Crippen molar-refractivity contribution in [2.75, 3.05) is 25.1 Å². The Bertz CT molecular complexity index is 1680. The van der Waals surface area contributed by atoms with E-state index in [1.807, 2.05) is 0 Å². The third kappa shape index (κ3) is 3.43. The summed E-state index contributed by atoms with van der Waals surface area (Å²) in [4.78, 5) is 15.5. The standard InChI is InChI=1S/C28H21F2N5O2/c1-4-18-20(29)9-6-14-10-17(36)11-19(22(14)18)25-24(30)26-23(21(5-2)32-25)27(34-28(33-26)37-3)35-15-7-8-16(35)13-31-12-15/h1-2,6,9-11,15-16,31,36H,7-8,12-13H2,3H3. The molecule has 2 N–H and O–H groups in total. The number of piperazine rings is 1. The zero-order valence-corrected chi connectivity index (χ0v) is 19.8. The minimum Gasteiger partial charge on any atom is -0.508 e. The van der Waals surface area contributed by atoms with Crippen molar-refractivity contribution in [1.29, 1.82) is 0 Å². The molecule has 2 saturated heterocycles. The van der Waals surface area contributed by atoms with Crippen LogP contribution >= 0.6 is 0 Å². The van der Waals surface area contributed by atoms with Crippen LogP contribution in [0.25, 0.3) is 32.9 Å². The summed E-state index contributed by atoms with van der Waals surface area (Å²) in [6, 6.07) is 5.66. The maximum Gasteiger partial charge on any atom is 0.318 e. The van der Waals surface area contributed by atoms with E-state index in [1.54, 1.807) is 0 Å². The first-order valence-corrected chi connectivity index (χ1v) is 11.8. The lowest BCUT2D eigenvalue weighted by atomic mass is 9.95. The highest BCUT2D eigenvalue weighted by molar-refractivity contribution is 6.04. The van der Waals surface area contributed by atoms with Crippen LogP contribution in [-0.2, 0) is 0 Å². The molecule has 0 saturated carbocycles. The molecular formula is C28H21F2N5O2. The summed E-state index contributed by atoms with van der Waals surface area (Å²) in [5, 5.41) is 14.8. The van der Waals surface area contributed by atoms with Gasteiger partial charge in [0.2, 0.25) is 0 Å². The summed E-state index contributed by atoms with van der Waals surface area (Å²) >= 11 is 0. The fraction of sp³-hybridized carbons (Fsp3) is 0.250. The van der Waals surface area contributed by atoms with Gasteiger partial charge in [0.25, 0.3) is 0 Å². The Balaban J connectivity index is 1.70. The minimum atomic E-state index is -0.808. The molecule has 9 heteroatoms. The summed E-state index contributed by atoms with van der Waals surface area (Å²) in [5.41, 5.74) is -0.141. The van der Waals surface area contributed by atoms with Crippen LogP contribution in [0.2, 0.25) is 0 Å². The molecule has 2 aliphatic heterocycles. The Morgan fingerprint density at radius 1 is 1.05 bits per heavy atom. The number of halogens is 2. The smallest absolute Gasteiger partial charge is 0.318 e. The topological polar surface area (TPSA) is 83.4 Å². The van der Waals surface area contributed by atoms with Gasteiger partial charge in [-0.15, -0.1) is 12.8 Å². The minimum absolute atomic E-state index is 0.0180. The van der Waals surface area contributed by atoms with Gasteiger partial charge in [-0.1, -0.05) is 12.0 Å². The normalized spacial score (nSPS) is 18.7. The molecule has 7 nitrogen and oxygen atoms in total. The highest BCUT2D eigenvalue weighted by Crippen LogP contribution is 2.42. The molecule has 4 heterocycles. The number of fused-ring (bicyclic) bond motifs is 4. The van der Waals surface area contributed by atoms with E-state index in [0.717, 1.165) is 25.9 Å². The molecule has 2 aliphatic rings. The highest BCUT2D eigenvalue weighted by Gasteiger charge is 2.39. The van der Waals surface area contributed by atoms with Crippen molar-refractivity contribution in [2.24, 2.45) is 0 Å². The number of phenolic OH excluding ortho intramolecular Hbond substituents is 1. The largest absolute Gasteiger partial charge is 0.508 e. The molecule has 2 atom stereocenters. The monoisotopic (exact) mass is 497 g/mol. The first-order chi connectivity index (χ1) is 17.9. The first kappa shape index (κ1) is 23.0.